The van der Waals surface area contributed by atoms with Crippen molar-refractivity contribution < 1.29 is 19.1 Å². The first-order valence-corrected chi connectivity index (χ1v) is 26.6. The van der Waals surface area contributed by atoms with E-state index in [1.54, 1.807) is 22.7 Å². The van der Waals surface area contributed by atoms with E-state index < -0.39 is 0 Å². The van der Waals surface area contributed by atoms with Gasteiger partial charge in [-0.3, -0.25) is 28.5 Å². The minimum Gasteiger partial charge on any atom is -0.378 e. The molecule has 1 amide bonds. The number of imidazole rings is 2. The number of hydrogen-bond donors (Lipinski definition) is 1. The number of fused-ring (bicyclic) bond motifs is 2. The number of aromatic nitrogens is 8. The second-order valence-electron chi connectivity index (χ2n) is 18.8. The van der Waals surface area contributed by atoms with E-state index >= 15 is 0 Å². The Morgan fingerprint density at radius 3 is 1.45 bits per heavy atom. The highest BCUT2D eigenvalue weighted by molar-refractivity contribution is 7.18. The molecule has 6 aromatic heterocycles. The molecule has 0 aromatic carbocycles. The predicted octanol–water partition coefficient (Wildman–Crippen LogP) is 5.28. The first kappa shape index (κ1) is 48.0. The number of halogens is 1. The third-order valence-corrected chi connectivity index (χ3v) is 15.8. The molecule has 18 nitrogen and oxygen atoms in total. The Morgan fingerprint density at radius 2 is 1.06 bits per heavy atom. The summed E-state index contributed by atoms with van der Waals surface area (Å²) in [6.07, 6.45) is 8.29. The van der Waals surface area contributed by atoms with Crippen LogP contribution in [0.15, 0.2) is 23.2 Å². The lowest BCUT2D eigenvalue weighted by atomic mass is 10.2. The number of thiophene rings is 2. The van der Waals surface area contributed by atoms with Gasteiger partial charge < -0.3 is 29.5 Å². The number of nitrogens with one attached hydrogen (secondary N) is 1. The highest BCUT2D eigenvalue weighted by Gasteiger charge is 2.35. The van der Waals surface area contributed by atoms with Crippen LogP contribution in [-0.2, 0) is 32.2 Å². The van der Waals surface area contributed by atoms with Gasteiger partial charge in [-0.1, -0.05) is 0 Å². The summed E-state index contributed by atoms with van der Waals surface area (Å²) in [7, 11) is 0. The molecular formula is C48H63ClN14O4S2. The number of carbonyl (C=O) groups excluding carboxylic acids is 2. The maximum Gasteiger partial charge on any atom is 0.228 e. The van der Waals surface area contributed by atoms with Gasteiger partial charge in [0.1, 0.15) is 11.6 Å². The molecule has 0 spiro atoms. The Kier molecular flexibility index (Phi) is 14.9. The lowest BCUT2D eigenvalue weighted by Crippen LogP contribution is -2.48. The predicted molar refractivity (Wildman–Crippen MR) is 270 cm³/mol. The maximum atomic E-state index is 12.4. The minimum absolute atomic E-state index is 0.157. The highest BCUT2D eigenvalue weighted by atomic mass is 35.5. The van der Waals surface area contributed by atoms with Gasteiger partial charge in [-0.15, -0.1) is 22.7 Å². The first-order chi connectivity index (χ1) is 33.6. The second-order valence-corrected chi connectivity index (χ2v) is 21.0. The number of aryl methyl sites for hydroxylation is 4. The van der Waals surface area contributed by atoms with Crippen LogP contribution in [0.5, 0.6) is 0 Å². The molecule has 4 aliphatic heterocycles. The van der Waals surface area contributed by atoms with Crippen molar-refractivity contribution in [1.82, 2.24) is 59.1 Å². The van der Waals surface area contributed by atoms with Crippen LogP contribution < -0.4 is 15.1 Å². The quantitative estimate of drug-likeness (QED) is 0.176. The average Bonchev–Trinajstić information content (AvgIpc) is 4.28. The van der Waals surface area contributed by atoms with Crippen LogP contribution in [0.25, 0.3) is 32.1 Å². The normalized spacial score (nSPS) is 19.4. The molecule has 12 rings (SSSR count). The Hall–Kier alpha value is -4.67. The van der Waals surface area contributed by atoms with Gasteiger partial charge in [0.15, 0.2) is 11.6 Å². The standard InChI is InChI=1S/C24H31N7O2S.C20H27N7OS.C4H5ClO/c1-16-13-31(17(2)25-16)22-21-20(26-24(27-22)30-9-11-33-12-10-30)19(15-34-21)14-28-5-7-29(8-6-28)23(32)18-3-4-18;1-14-11-27(15(2)22-14)19-18-17(23-20(24-19)26-7-9-28-10-8-26)16(13-29-18)12-25-5-3-21-4-6-25;5-4(6)3-1-2-3/h13,15,18H,3-12,14H2,1-2H3;11,13,21H,3-10,12H2,1-2H3;3H,1-2H2. The molecule has 69 heavy (non-hydrogen) atoms. The zero-order chi connectivity index (χ0) is 47.6. The topological polar surface area (TPSA) is 168 Å². The number of morpholine rings is 2. The van der Waals surface area contributed by atoms with Crippen LogP contribution >= 0.6 is 34.3 Å². The van der Waals surface area contributed by atoms with Gasteiger partial charge in [-0.2, -0.15) is 9.97 Å². The largest absolute Gasteiger partial charge is 0.378 e. The van der Waals surface area contributed by atoms with Crippen molar-refractivity contribution in [2.24, 2.45) is 11.8 Å². The van der Waals surface area contributed by atoms with Crippen molar-refractivity contribution in [3.05, 3.63) is 57.3 Å². The molecule has 21 heteroatoms. The molecule has 2 saturated carbocycles. The highest BCUT2D eigenvalue weighted by Crippen LogP contribution is 2.36. The molecule has 1 N–H and O–H groups in total. The third-order valence-electron chi connectivity index (χ3n) is 13.5. The molecule has 368 valence electrons. The number of piperazine rings is 2. The maximum absolute atomic E-state index is 12.4. The van der Waals surface area contributed by atoms with Crippen LogP contribution in [-0.4, -0.2) is 170 Å². The van der Waals surface area contributed by atoms with E-state index in [4.69, 9.17) is 41.0 Å². The summed E-state index contributed by atoms with van der Waals surface area (Å²) in [5, 5.41) is 7.76. The summed E-state index contributed by atoms with van der Waals surface area (Å²) in [6, 6.07) is 0. The number of anilines is 2. The minimum atomic E-state index is -0.157. The molecule has 2 aliphatic carbocycles. The number of rotatable bonds is 10. The zero-order valence-corrected chi connectivity index (χ0v) is 42.6. The summed E-state index contributed by atoms with van der Waals surface area (Å²) in [5.74, 6) is 6.16. The molecule has 0 atom stereocenters. The van der Waals surface area contributed by atoms with Gasteiger partial charge >= 0.3 is 0 Å². The van der Waals surface area contributed by atoms with E-state index in [0.717, 1.165) is 198 Å². The molecule has 6 aliphatic rings. The molecule has 6 fully saturated rings. The van der Waals surface area contributed by atoms with Crippen molar-refractivity contribution in [1.29, 1.82) is 0 Å². The first-order valence-electron chi connectivity index (χ1n) is 24.5. The van der Waals surface area contributed by atoms with Crippen LogP contribution in [0, 0.1) is 39.5 Å². The van der Waals surface area contributed by atoms with Crippen LogP contribution in [0.2, 0.25) is 0 Å². The van der Waals surface area contributed by atoms with Crippen LogP contribution in [0.1, 0.15) is 59.8 Å². The Bertz CT molecular complexity index is 2760. The smallest absolute Gasteiger partial charge is 0.228 e. The monoisotopic (exact) mass is 998 g/mol. The van der Waals surface area contributed by atoms with E-state index in [1.165, 1.54) is 11.1 Å². The van der Waals surface area contributed by atoms with Crippen molar-refractivity contribution >= 4 is 77.8 Å². The Morgan fingerprint density at radius 1 is 0.609 bits per heavy atom. The van der Waals surface area contributed by atoms with Crippen LogP contribution in [0.3, 0.4) is 0 Å². The van der Waals surface area contributed by atoms with E-state index in [2.05, 4.69) is 72.1 Å². The van der Waals surface area contributed by atoms with Gasteiger partial charge in [0.05, 0.1) is 58.2 Å². The Labute approximate surface area is 416 Å². The van der Waals surface area contributed by atoms with Crippen molar-refractivity contribution in [2.45, 2.75) is 66.5 Å². The fourth-order valence-corrected chi connectivity index (χ4v) is 11.5. The number of amides is 1. The van der Waals surface area contributed by atoms with Gasteiger partial charge in [0, 0.05) is 127 Å². The molecule has 0 radical (unpaired) electrons. The van der Waals surface area contributed by atoms with Crippen molar-refractivity contribution in [2.75, 3.05) is 115 Å². The summed E-state index contributed by atoms with van der Waals surface area (Å²) < 4.78 is 17.5. The second kappa shape index (κ2) is 21.4. The fourth-order valence-electron chi connectivity index (χ4n) is 9.28. The third kappa shape index (κ3) is 11.3. The van der Waals surface area contributed by atoms with Gasteiger partial charge in [0.25, 0.3) is 0 Å². The lowest BCUT2D eigenvalue weighted by molar-refractivity contribution is -0.134. The van der Waals surface area contributed by atoms with Gasteiger partial charge in [-0.05, 0) is 75.7 Å². The van der Waals surface area contributed by atoms with Crippen molar-refractivity contribution in [3.8, 4) is 11.6 Å². The summed E-state index contributed by atoms with van der Waals surface area (Å²) >= 11 is 8.48. The molecule has 0 unspecified atom stereocenters. The van der Waals surface area contributed by atoms with E-state index in [1.807, 2.05) is 27.7 Å². The number of hydrogen-bond acceptors (Lipinski definition) is 17. The molecular weight excluding hydrogens is 936 g/mol. The SMILES string of the molecule is Cc1cn(-c2nc(N3CCOCC3)nc3c(CN4CCN(C(=O)C5CC5)CC4)csc23)c(C)n1.Cc1cn(-c2nc(N3CCOCC3)nc3c(CN4CCNCC4)csc23)c(C)n1.O=C(Cl)C1CC1. The van der Waals surface area contributed by atoms with Gasteiger partial charge in [0.2, 0.25) is 23.0 Å². The summed E-state index contributed by atoms with van der Waals surface area (Å²) in [4.78, 5) is 63.2. The Balaban J connectivity index is 0.000000144. The summed E-state index contributed by atoms with van der Waals surface area (Å²) in [6.45, 7) is 23.6. The average molecular weight is 1000 g/mol. The van der Waals surface area contributed by atoms with Crippen LogP contribution in [0.4, 0.5) is 11.9 Å². The van der Waals surface area contributed by atoms with Gasteiger partial charge in [-0.25, -0.2) is 19.9 Å². The van der Waals surface area contributed by atoms with E-state index in [9.17, 15) is 9.59 Å². The molecule has 0 bridgehead atoms. The number of nitrogens with zero attached hydrogens (tertiary/aromatic N) is 13. The van der Waals surface area contributed by atoms with Crippen molar-refractivity contribution in [3.63, 3.8) is 0 Å². The fraction of sp³-hybridized carbons (Fsp3) is 0.583. The lowest BCUT2D eigenvalue weighted by Gasteiger charge is -2.34. The van der Waals surface area contributed by atoms with E-state index in [-0.39, 0.29) is 11.2 Å². The number of ether oxygens (including phenoxy) is 2. The number of carbonyl (C=O) groups is 2. The zero-order valence-electron chi connectivity index (χ0n) is 40.2. The molecule has 6 aromatic rings. The summed E-state index contributed by atoms with van der Waals surface area (Å²) in [5.41, 5.74) is 6.60. The molecule has 4 saturated heterocycles. The van der Waals surface area contributed by atoms with E-state index in [0.29, 0.717) is 25.0 Å². The molecule has 10 heterocycles.